The highest BCUT2D eigenvalue weighted by atomic mass is 19.1. The maximum Gasteiger partial charge on any atom is 0.130 e. The molecule has 1 nitrogen and oxygen atoms in total. The Kier molecular flexibility index (Phi) is 3.74. The zero-order valence-corrected chi connectivity index (χ0v) is 12.0. The third kappa shape index (κ3) is 2.90. The normalized spacial score (nSPS) is 20.3. The zero-order valence-electron chi connectivity index (χ0n) is 12.0. The highest BCUT2D eigenvalue weighted by Gasteiger charge is 2.29. The molecule has 0 spiro atoms. The Morgan fingerprint density at radius 2 is 1.89 bits per heavy atom. The van der Waals surface area contributed by atoms with Crippen LogP contribution in [0.25, 0.3) is 0 Å². The molecular weight excluding hydrogens is 225 g/mol. The molecule has 1 aromatic rings. The van der Waals surface area contributed by atoms with E-state index in [4.69, 9.17) is 0 Å². The zero-order chi connectivity index (χ0) is 13.3. The van der Waals surface area contributed by atoms with Gasteiger partial charge in [0.25, 0.3) is 0 Å². The monoisotopic (exact) mass is 249 g/mol. The highest BCUT2D eigenvalue weighted by molar-refractivity contribution is 5.22. The fourth-order valence-corrected chi connectivity index (χ4v) is 2.78. The van der Waals surface area contributed by atoms with E-state index in [1.54, 1.807) is 12.3 Å². The summed E-state index contributed by atoms with van der Waals surface area (Å²) in [6, 6.07) is 1.62. The first-order chi connectivity index (χ1) is 8.39. The molecule has 1 aliphatic carbocycles. The Bertz CT molecular complexity index is 413. The highest BCUT2D eigenvalue weighted by Crippen LogP contribution is 2.42. The predicted molar refractivity (Wildman–Crippen MR) is 73.3 cm³/mol. The average Bonchev–Trinajstić information content (AvgIpc) is 2.29. The molecule has 0 atom stereocenters. The Morgan fingerprint density at radius 3 is 2.39 bits per heavy atom. The van der Waals surface area contributed by atoms with Crippen LogP contribution in [0.2, 0.25) is 0 Å². The number of hydrogen-bond donors (Lipinski definition) is 0. The molecule has 0 saturated heterocycles. The Hall–Kier alpha value is -0.920. The fourth-order valence-electron chi connectivity index (χ4n) is 2.78. The van der Waals surface area contributed by atoms with Gasteiger partial charge in [-0.1, -0.05) is 27.7 Å². The van der Waals surface area contributed by atoms with E-state index in [0.717, 1.165) is 24.1 Å². The molecule has 1 aromatic heterocycles. The SMILES string of the molecule is CC(C)c1cc(F)c(C2CCC(C)(C)CC2)cn1. The predicted octanol–water partition coefficient (Wildman–Crippen LogP) is 5.03. The molecule has 0 aromatic carbocycles. The summed E-state index contributed by atoms with van der Waals surface area (Å²) >= 11 is 0. The van der Waals surface area contributed by atoms with Crippen LogP contribution in [0.5, 0.6) is 0 Å². The molecule has 1 saturated carbocycles. The van der Waals surface area contributed by atoms with E-state index in [9.17, 15) is 4.39 Å². The lowest BCUT2D eigenvalue weighted by Gasteiger charge is -2.34. The van der Waals surface area contributed by atoms with Gasteiger partial charge in [0.05, 0.1) is 0 Å². The summed E-state index contributed by atoms with van der Waals surface area (Å²) in [5, 5.41) is 0. The van der Waals surface area contributed by atoms with Gasteiger partial charge in [-0.2, -0.15) is 0 Å². The molecule has 1 fully saturated rings. The average molecular weight is 249 g/mol. The van der Waals surface area contributed by atoms with E-state index in [-0.39, 0.29) is 5.82 Å². The van der Waals surface area contributed by atoms with Crippen LogP contribution < -0.4 is 0 Å². The number of hydrogen-bond acceptors (Lipinski definition) is 1. The van der Waals surface area contributed by atoms with E-state index in [0.29, 0.717) is 17.3 Å². The van der Waals surface area contributed by atoms with Crippen LogP contribution in [0.15, 0.2) is 12.3 Å². The molecular formula is C16H24FN. The fraction of sp³-hybridized carbons (Fsp3) is 0.688. The molecule has 0 unspecified atom stereocenters. The first-order valence-electron chi connectivity index (χ1n) is 7.04. The number of aromatic nitrogens is 1. The van der Waals surface area contributed by atoms with E-state index in [1.165, 1.54) is 12.8 Å². The van der Waals surface area contributed by atoms with E-state index < -0.39 is 0 Å². The van der Waals surface area contributed by atoms with Crippen LogP contribution in [-0.2, 0) is 0 Å². The van der Waals surface area contributed by atoms with Gasteiger partial charge in [-0.15, -0.1) is 0 Å². The second-order valence-electron chi connectivity index (χ2n) is 6.72. The summed E-state index contributed by atoms with van der Waals surface area (Å²) in [6.07, 6.45) is 6.32. The van der Waals surface area contributed by atoms with Crippen LogP contribution in [-0.4, -0.2) is 4.98 Å². The molecule has 0 aliphatic heterocycles. The minimum Gasteiger partial charge on any atom is -0.261 e. The van der Waals surface area contributed by atoms with Crippen molar-refractivity contribution < 1.29 is 4.39 Å². The molecule has 0 amide bonds. The van der Waals surface area contributed by atoms with Gasteiger partial charge >= 0.3 is 0 Å². The van der Waals surface area contributed by atoms with Crippen molar-refractivity contribution in [2.24, 2.45) is 5.41 Å². The van der Waals surface area contributed by atoms with Crippen molar-refractivity contribution in [1.82, 2.24) is 4.98 Å². The van der Waals surface area contributed by atoms with Gasteiger partial charge < -0.3 is 0 Å². The topological polar surface area (TPSA) is 12.9 Å². The molecule has 0 N–H and O–H groups in total. The van der Waals surface area contributed by atoms with Crippen molar-refractivity contribution >= 4 is 0 Å². The molecule has 100 valence electrons. The summed E-state index contributed by atoms with van der Waals surface area (Å²) in [5.41, 5.74) is 2.11. The van der Waals surface area contributed by atoms with E-state index in [2.05, 4.69) is 18.8 Å². The first-order valence-corrected chi connectivity index (χ1v) is 7.04. The Labute approximate surface area is 110 Å². The molecule has 18 heavy (non-hydrogen) atoms. The summed E-state index contributed by atoms with van der Waals surface area (Å²) in [5.74, 6) is 0.601. The Balaban J connectivity index is 2.15. The molecule has 2 heteroatoms. The van der Waals surface area contributed by atoms with Gasteiger partial charge in [0.2, 0.25) is 0 Å². The standard InChI is InChI=1S/C16H24FN/c1-11(2)15-9-14(17)13(10-18-15)12-5-7-16(3,4)8-6-12/h9-12H,5-8H2,1-4H3. The van der Waals surface area contributed by atoms with Gasteiger partial charge in [0.1, 0.15) is 5.82 Å². The lowest BCUT2D eigenvalue weighted by atomic mass is 9.71. The second-order valence-corrected chi connectivity index (χ2v) is 6.72. The summed E-state index contributed by atoms with van der Waals surface area (Å²) in [7, 11) is 0. The van der Waals surface area contributed by atoms with E-state index in [1.807, 2.05) is 13.8 Å². The molecule has 1 aliphatic rings. The Morgan fingerprint density at radius 1 is 1.28 bits per heavy atom. The molecule has 1 heterocycles. The molecule has 0 radical (unpaired) electrons. The minimum atomic E-state index is -0.0570. The number of rotatable bonds is 2. The molecule has 2 rings (SSSR count). The van der Waals surface area contributed by atoms with Gasteiger partial charge in [-0.3, -0.25) is 4.98 Å². The van der Waals surface area contributed by atoms with Crippen molar-refractivity contribution in [2.75, 3.05) is 0 Å². The van der Waals surface area contributed by atoms with Crippen molar-refractivity contribution in [2.45, 2.75) is 65.2 Å². The van der Waals surface area contributed by atoms with Gasteiger partial charge in [-0.25, -0.2) is 4.39 Å². The largest absolute Gasteiger partial charge is 0.261 e. The first kappa shape index (κ1) is 13.5. The third-order valence-electron chi connectivity index (χ3n) is 4.27. The van der Waals surface area contributed by atoms with Crippen LogP contribution in [0.3, 0.4) is 0 Å². The van der Waals surface area contributed by atoms with Crippen molar-refractivity contribution in [1.29, 1.82) is 0 Å². The van der Waals surface area contributed by atoms with E-state index >= 15 is 0 Å². The van der Waals surface area contributed by atoms with Crippen LogP contribution in [0.1, 0.15) is 76.5 Å². The van der Waals surface area contributed by atoms with Crippen LogP contribution in [0, 0.1) is 11.2 Å². The van der Waals surface area contributed by atoms with Gasteiger partial charge in [0.15, 0.2) is 0 Å². The summed E-state index contributed by atoms with van der Waals surface area (Å²) in [4.78, 5) is 4.41. The van der Waals surface area contributed by atoms with Gasteiger partial charge in [-0.05, 0) is 49.0 Å². The van der Waals surface area contributed by atoms with Crippen molar-refractivity contribution in [3.63, 3.8) is 0 Å². The number of pyridine rings is 1. The van der Waals surface area contributed by atoms with Crippen LogP contribution in [0.4, 0.5) is 4.39 Å². The number of nitrogens with zero attached hydrogens (tertiary/aromatic N) is 1. The van der Waals surface area contributed by atoms with Crippen molar-refractivity contribution in [3.05, 3.63) is 29.3 Å². The minimum absolute atomic E-state index is 0.0570. The van der Waals surface area contributed by atoms with Crippen LogP contribution >= 0.6 is 0 Å². The maximum absolute atomic E-state index is 14.1. The molecule has 0 bridgehead atoms. The quantitative estimate of drug-likeness (QED) is 0.716. The lowest BCUT2D eigenvalue weighted by molar-refractivity contribution is 0.222. The maximum atomic E-state index is 14.1. The lowest BCUT2D eigenvalue weighted by Crippen LogP contribution is -2.21. The van der Waals surface area contributed by atoms with Gasteiger partial charge in [0, 0.05) is 17.5 Å². The van der Waals surface area contributed by atoms with Crippen molar-refractivity contribution in [3.8, 4) is 0 Å². The summed E-state index contributed by atoms with van der Waals surface area (Å²) < 4.78 is 14.1. The third-order valence-corrected chi connectivity index (χ3v) is 4.27. The number of halogens is 1. The summed E-state index contributed by atoms with van der Waals surface area (Å²) in [6.45, 7) is 8.70. The smallest absolute Gasteiger partial charge is 0.130 e. The second kappa shape index (κ2) is 4.99.